The highest BCUT2D eigenvalue weighted by atomic mass is 14.9. The fraction of sp³-hybridized carbons (Fsp3) is 0.684. The molecule has 0 atom stereocenters. The van der Waals surface area contributed by atoms with Gasteiger partial charge in [-0.05, 0) is 49.7 Å². The highest BCUT2D eigenvalue weighted by Gasteiger charge is 2.32. The van der Waals surface area contributed by atoms with Gasteiger partial charge in [-0.15, -0.1) is 0 Å². The van der Waals surface area contributed by atoms with Gasteiger partial charge in [0.15, 0.2) is 0 Å². The van der Waals surface area contributed by atoms with E-state index in [2.05, 4.69) is 51.2 Å². The third-order valence-corrected chi connectivity index (χ3v) is 4.87. The van der Waals surface area contributed by atoms with Crippen molar-refractivity contribution in [3.05, 3.63) is 34.9 Å². The van der Waals surface area contributed by atoms with E-state index in [1.807, 2.05) is 0 Å². The van der Waals surface area contributed by atoms with Gasteiger partial charge in [-0.1, -0.05) is 56.9 Å². The normalized spacial score (nSPS) is 18.4. The van der Waals surface area contributed by atoms with Gasteiger partial charge in [0.05, 0.1) is 0 Å². The first-order valence-corrected chi connectivity index (χ1v) is 8.30. The first-order valence-electron chi connectivity index (χ1n) is 8.30. The smallest absolute Gasteiger partial charge is 0.00134 e. The topological polar surface area (TPSA) is 12.0 Å². The largest absolute Gasteiger partial charge is 0.314 e. The molecule has 1 aliphatic rings. The van der Waals surface area contributed by atoms with Crippen LogP contribution in [0.2, 0.25) is 0 Å². The van der Waals surface area contributed by atoms with Gasteiger partial charge >= 0.3 is 0 Å². The Morgan fingerprint density at radius 3 is 2.45 bits per heavy atom. The predicted octanol–water partition coefficient (Wildman–Crippen LogP) is 4.79. The van der Waals surface area contributed by atoms with Crippen LogP contribution in [0, 0.1) is 19.3 Å². The molecule has 0 radical (unpaired) electrons. The molecule has 2 rings (SSSR count). The molecule has 1 aliphatic carbocycles. The van der Waals surface area contributed by atoms with Gasteiger partial charge in [0, 0.05) is 12.6 Å². The maximum absolute atomic E-state index is 3.71. The molecule has 1 heteroatoms. The van der Waals surface area contributed by atoms with Gasteiger partial charge in [-0.3, -0.25) is 0 Å². The lowest BCUT2D eigenvalue weighted by atomic mass is 9.69. The maximum Gasteiger partial charge on any atom is 0.00134 e. The van der Waals surface area contributed by atoms with E-state index in [1.165, 1.54) is 56.2 Å². The third-order valence-electron chi connectivity index (χ3n) is 4.87. The molecule has 1 aromatic carbocycles. The summed E-state index contributed by atoms with van der Waals surface area (Å²) in [4.78, 5) is 0. The van der Waals surface area contributed by atoms with E-state index >= 15 is 0 Å². The van der Waals surface area contributed by atoms with Gasteiger partial charge < -0.3 is 5.32 Å². The fourth-order valence-corrected chi connectivity index (χ4v) is 3.53. The zero-order valence-corrected chi connectivity index (χ0v) is 13.8. The van der Waals surface area contributed by atoms with Crippen molar-refractivity contribution in [3.63, 3.8) is 0 Å². The van der Waals surface area contributed by atoms with E-state index < -0.39 is 0 Å². The number of rotatable bonds is 5. The molecular weight excluding hydrogens is 242 g/mol. The van der Waals surface area contributed by atoms with E-state index in [0.717, 1.165) is 0 Å². The molecule has 0 amide bonds. The second-order valence-electron chi connectivity index (χ2n) is 7.20. The average Bonchev–Trinajstić information content (AvgIpc) is 2.42. The van der Waals surface area contributed by atoms with Gasteiger partial charge in [0.1, 0.15) is 0 Å². The van der Waals surface area contributed by atoms with Gasteiger partial charge in [-0.25, -0.2) is 0 Å². The van der Waals surface area contributed by atoms with Crippen molar-refractivity contribution in [1.82, 2.24) is 5.32 Å². The second-order valence-corrected chi connectivity index (χ2v) is 7.20. The van der Waals surface area contributed by atoms with Crippen molar-refractivity contribution in [1.29, 1.82) is 0 Å². The summed E-state index contributed by atoms with van der Waals surface area (Å²) in [5, 5.41) is 3.71. The van der Waals surface area contributed by atoms with Crippen LogP contribution >= 0.6 is 0 Å². The van der Waals surface area contributed by atoms with Gasteiger partial charge in [-0.2, -0.15) is 0 Å². The van der Waals surface area contributed by atoms with Crippen LogP contribution < -0.4 is 5.32 Å². The quantitative estimate of drug-likeness (QED) is 0.813. The summed E-state index contributed by atoms with van der Waals surface area (Å²) in [6.07, 6.45) is 8.27. The predicted molar refractivity (Wildman–Crippen MR) is 88.3 cm³/mol. The standard InChI is InChI=1S/C19H31N/c1-15(2)20-14-19(10-6-5-7-11-19)13-18-12-16(3)8-9-17(18)4/h8-9,12,15,20H,5-7,10-11,13-14H2,1-4H3. The summed E-state index contributed by atoms with van der Waals surface area (Å²) in [6.45, 7) is 10.2. The number of hydrogen-bond acceptors (Lipinski definition) is 1. The Labute approximate surface area is 125 Å². The molecule has 1 fully saturated rings. The van der Waals surface area contributed by atoms with Crippen LogP contribution in [0.3, 0.4) is 0 Å². The average molecular weight is 273 g/mol. The van der Waals surface area contributed by atoms with Crippen LogP contribution in [-0.2, 0) is 6.42 Å². The van der Waals surface area contributed by atoms with Gasteiger partial charge in [0.2, 0.25) is 0 Å². The minimum atomic E-state index is 0.487. The molecule has 1 nitrogen and oxygen atoms in total. The summed E-state index contributed by atoms with van der Waals surface area (Å²) in [5.74, 6) is 0. The molecule has 20 heavy (non-hydrogen) atoms. The van der Waals surface area contributed by atoms with E-state index in [9.17, 15) is 0 Å². The fourth-order valence-electron chi connectivity index (χ4n) is 3.53. The number of hydrogen-bond donors (Lipinski definition) is 1. The van der Waals surface area contributed by atoms with Crippen LogP contribution in [0.15, 0.2) is 18.2 Å². The van der Waals surface area contributed by atoms with Crippen molar-refractivity contribution in [2.75, 3.05) is 6.54 Å². The van der Waals surface area contributed by atoms with E-state index in [1.54, 1.807) is 5.56 Å². The SMILES string of the molecule is Cc1ccc(C)c(CC2(CNC(C)C)CCCCC2)c1. The summed E-state index contributed by atoms with van der Waals surface area (Å²) < 4.78 is 0. The third kappa shape index (κ3) is 4.09. The second kappa shape index (κ2) is 6.76. The number of aryl methyl sites for hydroxylation is 2. The molecule has 0 bridgehead atoms. The van der Waals surface area contributed by atoms with Crippen LogP contribution in [0.25, 0.3) is 0 Å². The van der Waals surface area contributed by atoms with Crippen molar-refractivity contribution in [3.8, 4) is 0 Å². The minimum absolute atomic E-state index is 0.487. The van der Waals surface area contributed by atoms with Crippen LogP contribution in [0.4, 0.5) is 0 Å². The highest BCUT2D eigenvalue weighted by Crippen LogP contribution is 2.39. The van der Waals surface area contributed by atoms with Crippen molar-refractivity contribution in [2.45, 2.75) is 72.3 Å². The molecule has 0 saturated heterocycles. The molecule has 0 unspecified atom stereocenters. The Bertz CT molecular complexity index is 427. The molecule has 0 heterocycles. The van der Waals surface area contributed by atoms with Crippen LogP contribution in [0.1, 0.15) is 62.6 Å². The molecule has 1 aromatic rings. The molecule has 1 saturated carbocycles. The van der Waals surface area contributed by atoms with Gasteiger partial charge in [0.25, 0.3) is 0 Å². The first kappa shape index (κ1) is 15.6. The molecule has 0 spiro atoms. The van der Waals surface area contributed by atoms with E-state index in [-0.39, 0.29) is 0 Å². The molecular formula is C19H31N. The minimum Gasteiger partial charge on any atom is -0.314 e. The lowest BCUT2D eigenvalue weighted by Gasteiger charge is -2.39. The molecule has 0 aliphatic heterocycles. The Balaban J connectivity index is 2.16. The lowest BCUT2D eigenvalue weighted by Crippen LogP contribution is -2.40. The Hall–Kier alpha value is -0.820. The zero-order valence-electron chi connectivity index (χ0n) is 13.8. The molecule has 1 N–H and O–H groups in total. The lowest BCUT2D eigenvalue weighted by molar-refractivity contribution is 0.176. The first-order chi connectivity index (χ1) is 9.51. The van der Waals surface area contributed by atoms with E-state index in [0.29, 0.717) is 11.5 Å². The summed E-state index contributed by atoms with van der Waals surface area (Å²) in [5.41, 5.74) is 4.91. The number of nitrogens with one attached hydrogen (secondary N) is 1. The van der Waals surface area contributed by atoms with E-state index in [4.69, 9.17) is 0 Å². The monoisotopic (exact) mass is 273 g/mol. The maximum atomic E-state index is 3.71. The van der Waals surface area contributed by atoms with Crippen molar-refractivity contribution < 1.29 is 0 Å². The summed E-state index contributed by atoms with van der Waals surface area (Å²) in [7, 11) is 0. The van der Waals surface area contributed by atoms with Crippen LogP contribution in [0.5, 0.6) is 0 Å². The zero-order chi connectivity index (χ0) is 14.6. The Morgan fingerprint density at radius 1 is 1.10 bits per heavy atom. The van der Waals surface area contributed by atoms with Crippen LogP contribution in [-0.4, -0.2) is 12.6 Å². The summed E-state index contributed by atoms with van der Waals surface area (Å²) >= 11 is 0. The van der Waals surface area contributed by atoms with Crippen molar-refractivity contribution in [2.24, 2.45) is 5.41 Å². The molecule has 0 aromatic heterocycles. The Kier molecular flexibility index (Phi) is 5.26. The Morgan fingerprint density at radius 2 is 1.80 bits per heavy atom. The summed E-state index contributed by atoms with van der Waals surface area (Å²) in [6, 6.07) is 7.52. The van der Waals surface area contributed by atoms with Crippen molar-refractivity contribution >= 4 is 0 Å². The number of benzene rings is 1. The highest BCUT2D eigenvalue weighted by molar-refractivity contribution is 5.31. The molecule has 112 valence electrons.